The second-order valence-corrected chi connectivity index (χ2v) is 9.37. The summed E-state index contributed by atoms with van der Waals surface area (Å²) >= 11 is 0. The van der Waals surface area contributed by atoms with Crippen LogP contribution in [0.1, 0.15) is 51.0 Å². The molecule has 134 valence electrons. The molecule has 5 fully saturated rings. The predicted molar refractivity (Wildman–Crippen MR) is 96.9 cm³/mol. The lowest BCUT2D eigenvalue weighted by Gasteiger charge is -2.57. The van der Waals surface area contributed by atoms with E-state index in [-0.39, 0.29) is 11.0 Å². The molecular weight excluding hydrogens is 310 g/mol. The van der Waals surface area contributed by atoms with Crippen LogP contribution in [0.25, 0.3) is 0 Å². The van der Waals surface area contributed by atoms with Crippen LogP contribution in [0, 0.1) is 23.2 Å². The molecule has 25 heavy (non-hydrogen) atoms. The minimum atomic E-state index is -0.378. The summed E-state index contributed by atoms with van der Waals surface area (Å²) in [5.74, 6) is 2.89. The first-order chi connectivity index (χ1) is 12.1. The van der Waals surface area contributed by atoms with Crippen molar-refractivity contribution in [2.45, 2.75) is 51.0 Å². The van der Waals surface area contributed by atoms with Crippen LogP contribution in [0.4, 0.5) is 0 Å². The summed E-state index contributed by atoms with van der Waals surface area (Å²) in [4.78, 5) is 15.8. The van der Waals surface area contributed by atoms with E-state index in [2.05, 4.69) is 36.1 Å². The van der Waals surface area contributed by atoms with Crippen LogP contribution < -0.4 is 0 Å². The van der Waals surface area contributed by atoms with Crippen LogP contribution in [-0.2, 0) is 15.1 Å². The molecular formula is C22H29NO2. The van der Waals surface area contributed by atoms with Gasteiger partial charge < -0.3 is 9.64 Å². The average molecular weight is 339 g/mol. The third-order valence-electron chi connectivity index (χ3n) is 7.44. The molecule has 5 aliphatic rings. The van der Waals surface area contributed by atoms with Crippen LogP contribution in [0.2, 0.25) is 0 Å². The zero-order valence-corrected chi connectivity index (χ0v) is 15.2. The van der Waals surface area contributed by atoms with Crippen LogP contribution >= 0.6 is 0 Å². The summed E-state index contributed by atoms with van der Waals surface area (Å²) in [6.45, 7) is 4.23. The van der Waals surface area contributed by atoms with Gasteiger partial charge in [0.1, 0.15) is 5.60 Å². The fourth-order valence-electron chi connectivity index (χ4n) is 6.72. The number of amides is 1. The quantitative estimate of drug-likeness (QED) is 0.816. The molecule has 1 aliphatic heterocycles. The fourth-order valence-corrected chi connectivity index (χ4v) is 6.72. The third-order valence-corrected chi connectivity index (χ3v) is 7.44. The molecule has 1 heterocycles. The van der Waals surface area contributed by atoms with Crippen LogP contribution in [0.3, 0.4) is 0 Å². The highest BCUT2D eigenvalue weighted by Crippen LogP contribution is 2.60. The van der Waals surface area contributed by atoms with Gasteiger partial charge in [-0.15, -0.1) is 0 Å². The second kappa shape index (κ2) is 5.57. The lowest BCUT2D eigenvalue weighted by molar-refractivity contribution is -0.172. The van der Waals surface area contributed by atoms with E-state index in [9.17, 15) is 4.79 Å². The van der Waals surface area contributed by atoms with E-state index in [1.165, 1.54) is 24.8 Å². The Kier molecular flexibility index (Phi) is 3.54. The number of carbonyl (C=O) groups excluding carboxylic acids is 1. The van der Waals surface area contributed by atoms with E-state index >= 15 is 0 Å². The van der Waals surface area contributed by atoms with Gasteiger partial charge in [-0.25, -0.2) is 0 Å². The molecule has 0 unspecified atom stereocenters. The van der Waals surface area contributed by atoms with E-state index in [1.54, 1.807) is 0 Å². The maximum atomic E-state index is 13.6. The van der Waals surface area contributed by atoms with Crippen molar-refractivity contribution in [3.8, 4) is 0 Å². The smallest absolute Gasteiger partial charge is 0.229 e. The topological polar surface area (TPSA) is 29.5 Å². The highest BCUT2D eigenvalue weighted by molar-refractivity contribution is 5.83. The molecule has 4 saturated carbocycles. The van der Waals surface area contributed by atoms with Crippen LogP contribution in [-0.4, -0.2) is 30.5 Å². The first kappa shape index (κ1) is 15.9. The summed E-state index contributed by atoms with van der Waals surface area (Å²) in [6, 6.07) is 10.4. The molecule has 6 rings (SSSR count). The number of benzene rings is 1. The molecule has 4 aliphatic carbocycles. The van der Waals surface area contributed by atoms with Gasteiger partial charge in [0, 0.05) is 6.54 Å². The van der Waals surface area contributed by atoms with Crippen molar-refractivity contribution in [2.75, 3.05) is 19.7 Å². The highest BCUT2D eigenvalue weighted by Gasteiger charge is 2.56. The number of hydrogen-bond acceptors (Lipinski definition) is 2. The van der Waals surface area contributed by atoms with Crippen molar-refractivity contribution in [2.24, 2.45) is 23.2 Å². The number of morpholine rings is 1. The number of hydrogen-bond donors (Lipinski definition) is 0. The molecule has 1 saturated heterocycles. The van der Waals surface area contributed by atoms with E-state index in [0.29, 0.717) is 19.1 Å². The van der Waals surface area contributed by atoms with Crippen molar-refractivity contribution in [3.63, 3.8) is 0 Å². The first-order valence-electron chi connectivity index (χ1n) is 10.1. The Labute approximate surface area is 150 Å². The first-order valence-corrected chi connectivity index (χ1v) is 10.1. The van der Waals surface area contributed by atoms with E-state index < -0.39 is 0 Å². The molecule has 1 atom stereocenters. The fraction of sp³-hybridized carbons (Fsp3) is 0.682. The molecule has 3 nitrogen and oxygen atoms in total. The largest absolute Gasteiger partial charge is 0.367 e. The number of ether oxygens (including phenoxy) is 1. The lowest BCUT2D eigenvalue weighted by atomic mass is 9.49. The zero-order chi connectivity index (χ0) is 17.1. The van der Waals surface area contributed by atoms with Crippen molar-refractivity contribution in [1.29, 1.82) is 0 Å². The van der Waals surface area contributed by atoms with Gasteiger partial charge in [-0.3, -0.25) is 4.79 Å². The highest BCUT2D eigenvalue weighted by atomic mass is 16.5. The van der Waals surface area contributed by atoms with E-state index in [0.717, 1.165) is 43.6 Å². The maximum Gasteiger partial charge on any atom is 0.229 e. The Bertz CT molecular complexity index is 635. The van der Waals surface area contributed by atoms with Gasteiger partial charge in [-0.05, 0) is 68.8 Å². The van der Waals surface area contributed by atoms with Crippen LogP contribution in [0.5, 0.6) is 0 Å². The molecule has 0 aromatic heterocycles. The van der Waals surface area contributed by atoms with Gasteiger partial charge >= 0.3 is 0 Å². The second-order valence-electron chi connectivity index (χ2n) is 9.37. The summed E-state index contributed by atoms with van der Waals surface area (Å²) in [6.07, 6.45) is 7.61. The summed E-state index contributed by atoms with van der Waals surface area (Å²) in [5, 5.41) is 0. The SMILES string of the molecule is C[C@@]1(c2ccccc2)CN(C(=O)C23CC4CC(CC(C4)C2)C3)CCO1. The molecule has 0 spiro atoms. The summed E-state index contributed by atoms with van der Waals surface area (Å²) in [7, 11) is 0. The van der Waals surface area contributed by atoms with Crippen LogP contribution in [0.15, 0.2) is 30.3 Å². The van der Waals surface area contributed by atoms with Gasteiger partial charge in [-0.1, -0.05) is 30.3 Å². The van der Waals surface area contributed by atoms with Gasteiger partial charge in [0.25, 0.3) is 0 Å². The molecule has 3 heteroatoms. The molecule has 0 radical (unpaired) electrons. The Balaban J connectivity index is 1.39. The van der Waals surface area contributed by atoms with Crippen molar-refractivity contribution in [3.05, 3.63) is 35.9 Å². The summed E-state index contributed by atoms with van der Waals surface area (Å²) in [5.41, 5.74) is 0.763. The Hall–Kier alpha value is -1.35. The van der Waals surface area contributed by atoms with Gasteiger partial charge in [-0.2, -0.15) is 0 Å². The lowest BCUT2D eigenvalue weighted by Crippen LogP contribution is -2.59. The normalized spacial score (nSPS) is 42.6. The minimum Gasteiger partial charge on any atom is -0.367 e. The van der Waals surface area contributed by atoms with Gasteiger partial charge in [0.2, 0.25) is 5.91 Å². The van der Waals surface area contributed by atoms with Gasteiger partial charge in [0.15, 0.2) is 0 Å². The number of carbonyl (C=O) groups is 1. The van der Waals surface area contributed by atoms with E-state index in [1.807, 2.05) is 6.07 Å². The molecule has 0 N–H and O–H groups in total. The number of rotatable bonds is 2. The molecule has 1 amide bonds. The zero-order valence-electron chi connectivity index (χ0n) is 15.2. The van der Waals surface area contributed by atoms with Crippen molar-refractivity contribution >= 4 is 5.91 Å². The van der Waals surface area contributed by atoms with Crippen molar-refractivity contribution in [1.82, 2.24) is 4.90 Å². The number of nitrogens with zero attached hydrogens (tertiary/aromatic N) is 1. The Morgan fingerprint density at radius 2 is 1.64 bits per heavy atom. The third kappa shape index (κ3) is 2.54. The standard InChI is InChI=1S/C22H29NO2/c1-21(19-5-3-2-4-6-19)15-23(7-8-25-21)20(24)22-12-16-9-17(13-22)11-18(10-16)14-22/h2-6,16-18H,7-15H2,1H3/t16?,17?,18?,21-,22?/m0/s1. The molecule has 1 aromatic rings. The summed E-state index contributed by atoms with van der Waals surface area (Å²) < 4.78 is 6.16. The monoisotopic (exact) mass is 339 g/mol. The van der Waals surface area contributed by atoms with Crippen molar-refractivity contribution < 1.29 is 9.53 Å². The molecule has 1 aromatic carbocycles. The average Bonchev–Trinajstić information content (AvgIpc) is 2.61. The predicted octanol–water partition coefficient (Wildman–Crippen LogP) is 3.98. The van der Waals surface area contributed by atoms with E-state index in [4.69, 9.17) is 4.74 Å². The maximum absolute atomic E-state index is 13.6. The Morgan fingerprint density at radius 1 is 1.04 bits per heavy atom. The van der Waals surface area contributed by atoms with Gasteiger partial charge in [0.05, 0.1) is 18.6 Å². The molecule has 4 bridgehead atoms. The Morgan fingerprint density at radius 3 is 2.24 bits per heavy atom. The minimum absolute atomic E-state index is 0.0380.